The molecular weight excluding hydrogens is 145 g/mol. The summed E-state index contributed by atoms with van der Waals surface area (Å²) < 4.78 is 0. The van der Waals surface area contributed by atoms with Crippen LogP contribution in [0.4, 0.5) is 0 Å². The van der Waals surface area contributed by atoms with Crippen LogP contribution in [0.25, 0.3) is 0 Å². The summed E-state index contributed by atoms with van der Waals surface area (Å²) in [4.78, 5) is 13.0. The second-order valence-electron chi connectivity index (χ2n) is 2.47. The van der Waals surface area contributed by atoms with Gasteiger partial charge in [-0.05, 0) is 20.4 Å². The highest BCUT2D eigenvalue weighted by molar-refractivity contribution is 7.16. The zero-order valence-electron chi connectivity index (χ0n) is 6.92. The van der Waals surface area contributed by atoms with Gasteiger partial charge in [-0.3, -0.25) is 9.69 Å². The molecule has 0 fully saturated rings. The van der Waals surface area contributed by atoms with Crippen molar-refractivity contribution in [1.29, 1.82) is 0 Å². The monoisotopic (exact) mass is 161 g/mol. The SMILES string of the molecule is CCC(C(C)=O)N(C)CP. The Kier molecular flexibility index (Phi) is 4.84. The summed E-state index contributed by atoms with van der Waals surface area (Å²) in [6.07, 6.45) is 1.76. The molecule has 0 radical (unpaired) electrons. The van der Waals surface area contributed by atoms with Crippen LogP contribution >= 0.6 is 9.24 Å². The molecule has 3 heteroatoms. The van der Waals surface area contributed by atoms with Crippen LogP contribution in [0.2, 0.25) is 0 Å². The number of hydrogen-bond acceptors (Lipinski definition) is 2. The summed E-state index contributed by atoms with van der Waals surface area (Å²) in [5.41, 5.74) is 0. The standard InChI is InChI=1S/C7H16NOP/c1-4-7(6(2)9)8(3)5-10/h7H,4-5,10H2,1-3H3. The van der Waals surface area contributed by atoms with Crippen molar-refractivity contribution in [3.63, 3.8) is 0 Å². The third kappa shape index (κ3) is 2.76. The lowest BCUT2D eigenvalue weighted by Gasteiger charge is -2.22. The molecule has 0 aromatic carbocycles. The van der Waals surface area contributed by atoms with Gasteiger partial charge >= 0.3 is 0 Å². The Morgan fingerprint density at radius 3 is 2.30 bits per heavy atom. The van der Waals surface area contributed by atoms with E-state index in [0.717, 1.165) is 12.7 Å². The highest BCUT2D eigenvalue weighted by atomic mass is 31.0. The Balaban J connectivity index is 3.92. The Hall–Kier alpha value is 0.0600. The highest BCUT2D eigenvalue weighted by Crippen LogP contribution is 2.04. The minimum Gasteiger partial charge on any atom is -0.298 e. The Morgan fingerprint density at radius 1 is 1.70 bits per heavy atom. The second-order valence-corrected chi connectivity index (χ2v) is 2.84. The van der Waals surface area contributed by atoms with E-state index in [4.69, 9.17) is 0 Å². The number of nitrogens with zero attached hydrogens (tertiary/aromatic N) is 1. The molecule has 0 aromatic heterocycles. The average molecular weight is 161 g/mol. The topological polar surface area (TPSA) is 20.3 Å². The van der Waals surface area contributed by atoms with Crippen molar-refractivity contribution in [2.45, 2.75) is 26.3 Å². The van der Waals surface area contributed by atoms with Crippen molar-refractivity contribution in [3.05, 3.63) is 0 Å². The molecule has 2 nitrogen and oxygen atoms in total. The first-order chi connectivity index (χ1) is 4.63. The predicted molar refractivity (Wildman–Crippen MR) is 47.1 cm³/mol. The van der Waals surface area contributed by atoms with Gasteiger partial charge in [0, 0.05) is 6.29 Å². The van der Waals surface area contributed by atoms with Crippen molar-refractivity contribution < 1.29 is 4.79 Å². The number of carbonyl (C=O) groups excluding carboxylic acids is 1. The largest absolute Gasteiger partial charge is 0.298 e. The van der Waals surface area contributed by atoms with Crippen molar-refractivity contribution in [2.24, 2.45) is 0 Å². The van der Waals surface area contributed by atoms with Crippen LogP contribution in [0.1, 0.15) is 20.3 Å². The molecule has 0 aliphatic heterocycles. The minimum absolute atomic E-state index is 0.109. The first-order valence-electron chi connectivity index (χ1n) is 3.54. The van der Waals surface area contributed by atoms with E-state index in [1.54, 1.807) is 6.92 Å². The van der Waals surface area contributed by atoms with E-state index in [9.17, 15) is 4.79 Å². The maximum atomic E-state index is 10.9. The summed E-state index contributed by atoms with van der Waals surface area (Å²) in [6.45, 7) is 3.67. The van der Waals surface area contributed by atoms with Gasteiger partial charge in [0.15, 0.2) is 0 Å². The van der Waals surface area contributed by atoms with Gasteiger partial charge in [0.2, 0.25) is 0 Å². The number of likely N-dealkylation sites (N-methyl/N-ethyl adjacent to an activating group) is 1. The molecule has 2 atom stereocenters. The van der Waals surface area contributed by atoms with Crippen LogP contribution in [0.3, 0.4) is 0 Å². The first kappa shape index (κ1) is 10.1. The van der Waals surface area contributed by atoms with E-state index in [1.165, 1.54) is 0 Å². The molecule has 0 aliphatic rings. The van der Waals surface area contributed by atoms with E-state index in [-0.39, 0.29) is 11.8 Å². The molecule has 0 N–H and O–H groups in total. The summed E-state index contributed by atoms with van der Waals surface area (Å²) in [6, 6.07) is 0.109. The Bertz CT molecular complexity index is 116. The quantitative estimate of drug-likeness (QED) is 0.576. The zero-order chi connectivity index (χ0) is 8.15. The van der Waals surface area contributed by atoms with Gasteiger partial charge in [-0.25, -0.2) is 0 Å². The Labute approximate surface area is 65.2 Å². The lowest BCUT2D eigenvalue weighted by atomic mass is 10.1. The molecule has 0 saturated heterocycles. The van der Waals surface area contributed by atoms with Gasteiger partial charge in [-0.1, -0.05) is 6.92 Å². The molecular formula is C7H16NOP. The minimum atomic E-state index is 0.109. The van der Waals surface area contributed by atoms with Gasteiger partial charge in [0.1, 0.15) is 5.78 Å². The third-order valence-electron chi connectivity index (χ3n) is 1.68. The van der Waals surface area contributed by atoms with E-state index >= 15 is 0 Å². The second kappa shape index (κ2) is 4.81. The lowest BCUT2D eigenvalue weighted by Crippen LogP contribution is -2.35. The molecule has 0 aliphatic carbocycles. The number of hydrogen-bond donors (Lipinski definition) is 0. The molecule has 0 bridgehead atoms. The van der Waals surface area contributed by atoms with E-state index in [0.29, 0.717) is 0 Å². The lowest BCUT2D eigenvalue weighted by molar-refractivity contribution is -0.121. The van der Waals surface area contributed by atoms with Crippen molar-refractivity contribution in [1.82, 2.24) is 4.90 Å². The van der Waals surface area contributed by atoms with Crippen LogP contribution in [-0.2, 0) is 4.79 Å². The number of carbonyl (C=O) groups is 1. The van der Waals surface area contributed by atoms with Crippen LogP contribution in [0.15, 0.2) is 0 Å². The van der Waals surface area contributed by atoms with Crippen molar-refractivity contribution in [2.75, 3.05) is 13.3 Å². The summed E-state index contributed by atoms with van der Waals surface area (Å²) >= 11 is 0. The number of Topliss-reactive ketones (excluding diaryl/α,β-unsaturated/α-hetero) is 1. The van der Waals surface area contributed by atoms with Gasteiger partial charge in [-0.2, -0.15) is 0 Å². The fourth-order valence-corrected chi connectivity index (χ4v) is 1.29. The van der Waals surface area contributed by atoms with Gasteiger partial charge in [0.05, 0.1) is 6.04 Å². The Morgan fingerprint density at radius 2 is 2.20 bits per heavy atom. The van der Waals surface area contributed by atoms with Crippen LogP contribution in [-0.4, -0.2) is 30.1 Å². The molecule has 0 aromatic rings. The normalized spacial score (nSPS) is 13.7. The van der Waals surface area contributed by atoms with E-state index < -0.39 is 0 Å². The van der Waals surface area contributed by atoms with Crippen molar-refractivity contribution >= 4 is 15.0 Å². The number of rotatable bonds is 4. The molecule has 0 spiro atoms. The average Bonchev–Trinajstić information content (AvgIpc) is 1.88. The molecule has 0 saturated carbocycles. The van der Waals surface area contributed by atoms with Gasteiger partial charge in [0.25, 0.3) is 0 Å². The molecule has 0 heterocycles. The molecule has 60 valence electrons. The maximum Gasteiger partial charge on any atom is 0.146 e. The van der Waals surface area contributed by atoms with Gasteiger partial charge < -0.3 is 0 Å². The van der Waals surface area contributed by atoms with Gasteiger partial charge in [-0.15, -0.1) is 9.24 Å². The fraction of sp³-hybridized carbons (Fsp3) is 0.857. The zero-order valence-corrected chi connectivity index (χ0v) is 8.08. The number of ketones is 1. The summed E-state index contributed by atoms with van der Waals surface area (Å²) in [5.74, 6) is 0.257. The summed E-state index contributed by atoms with van der Waals surface area (Å²) in [5, 5.41) is 0. The van der Waals surface area contributed by atoms with E-state index in [2.05, 4.69) is 9.24 Å². The van der Waals surface area contributed by atoms with E-state index in [1.807, 2.05) is 18.9 Å². The molecule has 10 heavy (non-hydrogen) atoms. The smallest absolute Gasteiger partial charge is 0.146 e. The maximum absolute atomic E-state index is 10.9. The summed E-state index contributed by atoms with van der Waals surface area (Å²) in [7, 11) is 4.57. The molecule has 2 unspecified atom stereocenters. The fourth-order valence-electron chi connectivity index (χ4n) is 1.04. The van der Waals surface area contributed by atoms with Crippen molar-refractivity contribution in [3.8, 4) is 0 Å². The third-order valence-corrected chi connectivity index (χ3v) is 2.25. The predicted octanol–water partition coefficient (Wildman–Crippen LogP) is 1.12. The van der Waals surface area contributed by atoms with Crippen LogP contribution < -0.4 is 0 Å². The van der Waals surface area contributed by atoms with Crippen LogP contribution in [0.5, 0.6) is 0 Å². The van der Waals surface area contributed by atoms with Crippen LogP contribution in [0, 0.1) is 0 Å². The molecule has 0 rings (SSSR count). The first-order valence-corrected chi connectivity index (χ1v) is 4.35. The molecule has 0 amide bonds. The highest BCUT2D eigenvalue weighted by Gasteiger charge is 2.14.